The van der Waals surface area contributed by atoms with Crippen molar-refractivity contribution in [2.45, 2.75) is 45.2 Å². The third kappa shape index (κ3) is 7.14. The molecule has 12 heteroatoms. The fourth-order valence-electron chi connectivity index (χ4n) is 5.54. The number of aromatic nitrogens is 3. The van der Waals surface area contributed by atoms with Crippen molar-refractivity contribution in [3.8, 4) is 11.5 Å². The normalized spacial score (nSPS) is 17.2. The zero-order chi connectivity index (χ0) is 33.8. The van der Waals surface area contributed by atoms with Gasteiger partial charge in [-0.1, -0.05) is 35.4 Å². The SMILES string of the molecule is COc1ccc(CNc2ncnc3c2c(Br)cn3C2CC(OC(=O)c3ccc(C)cc3)C(COC(=O)c3ccc(C)cc3)O2)c(OC)c1. The number of carbonyl (C=O) groups excluding carboxylic acids is 2. The van der Waals surface area contributed by atoms with Crippen LogP contribution in [0.1, 0.15) is 50.1 Å². The van der Waals surface area contributed by atoms with E-state index in [4.69, 9.17) is 23.7 Å². The molecule has 1 saturated heterocycles. The molecule has 6 rings (SSSR count). The van der Waals surface area contributed by atoms with Gasteiger partial charge < -0.3 is 33.6 Å². The van der Waals surface area contributed by atoms with Gasteiger partial charge in [-0.25, -0.2) is 19.6 Å². The summed E-state index contributed by atoms with van der Waals surface area (Å²) in [4.78, 5) is 35.1. The van der Waals surface area contributed by atoms with Crippen LogP contribution in [0.15, 0.2) is 83.7 Å². The average Bonchev–Trinajstić information content (AvgIpc) is 3.66. The number of hydrogen-bond acceptors (Lipinski definition) is 10. The van der Waals surface area contributed by atoms with Crippen LogP contribution in [0.4, 0.5) is 5.82 Å². The highest BCUT2D eigenvalue weighted by molar-refractivity contribution is 9.10. The van der Waals surface area contributed by atoms with E-state index in [0.717, 1.165) is 26.5 Å². The van der Waals surface area contributed by atoms with Crippen LogP contribution in [0, 0.1) is 13.8 Å². The predicted molar refractivity (Wildman–Crippen MR) is 182 cm³/mol. The second kappa shape index (κ2) is 14.4. The summed E-state index contributed by atoms with van der Waals surface area (Å²) in [6.45, 7) is 4.21. The van der Waals surface area contributed by atoms with E-state index in [1.807, 2.05) is 67.1 Å². The highest BCUT2D eigenvalue weighted by atomic mass is 79.9. The molecule has 0 saturated carbocycles. The first-order chi connectivity index (χ1) is 23.2. The molecule has 1 N–H and O–H groups in total. The van der Waals surface area contributed by atoms with Crippen LogP contribution in [0.25, 0.3) is 11.0 Å². The van der Waals surface area contributed by atoms with Crippen molar-refractivity contribution in [1.29, 1.82) is 0 Å². The lowest BCUT2D eigenvalue weighted by atomic mass is 10.1. The van der Waals surface area contributed by atoms with Gasteiger partial charge in [0.2, 0.25) is 0 Å². The minimum Gasteiger partial charge on any atom is -0.497 e. The summed E-state index contributed by atoms with van der Waals surface area (Å²) in [5.41, 5.74) is 4.43. The third-order valence-corrected chi connectivity index (χ3v) is 8.81. The summed E-state index contributed by atoms with van der Waals surface area (Å²) in [6.07, 6.45) is 1.63. The number of halogens is 1. The molecule has 3 heterocycles. The number of ether oxygens (including phenoxy) is 5. The summed E-state index contributed by atoms with van der Waals surface area (Å²) in [5.74, 6) is 1.01. The van der Waals surface area contributed by atoms with Gasteiger partial charge in [-0.15, -0.1) is 0 Å². The molecule has 48 heavy (non-hydrogen) atoms. The molecule has 5 aromatic rings. The Labute approximate surface area is 286 Å². The fourth-order valence-corrected chi connectivity index (χ4v) is 6.13. The molecule has 3 unspecified atom stereocenters. The molecule has 248 valence electrons. The van der Waals surface area contributed by atoms with E-state index in [0.29, 0.717) is 47.1 Å². The quantitative estimate of drug-likeness (QED) is 0.146. The molecule has 3 atom stereocenters. The first-order valence-electron chi connectivity index (χ1n) is 15.4. The number of benzene rings is 3. The molecule has 1 aliphatic heterocycles. The van der Waals surface area contributed by atoms with Crippen LogP contribution >= 0.6 is 15.9 Å². The second-order valence-electron chi connectivity index (χ2n) is 11.5. The number of aryl methyl sites for hydroxylation is 2. The van der Waals surface area contributed by atoms with Gasteiger partial charge in [0.1, 0.15) is 54.3 Å². The summed E-state index contributed by atoms with van der Waals surface area (Å²) >= 11 is 3.68. The minimum atomic E-state index is -0.725. The Balaban J connectivity index is 1.24. The number of hydrogen-bond donors (Lipinski definition) is 1. The Hall–Kier alpha value is -4.94. The van der Waals surface area contributed by atoms with Gasteiger partial charge in [0.25, 0.3) is 0 Å². The molecule has 11 nitrogen and oxygen atoms in total. The summed E-state index contributed by atoms with van der Waals surface area (Å²) in [6, 6.07) is 19.9. The molecule has 0 aliphatic carbocycles. The van der Waals surface area contributed by atoms with Crippen LogP contribution in [-0.2, 0) is 20.8 Å². The summed E-state index contributed by atoms with van der Waals surface area (Å²) in [5, 5.41) is 4.14. The maximum absolute atomic E-state index is 13.2. The fraction of sp³-hybridized carbons (Fsp3) is 0.278. The first-order valence-corrected chi connectivity index (χ1v) is 16.2. The van der Waals surface area contributed by atoms with E-state index in [1.54, 1.807) is 38.5 Å². The smallest absolute Gasteiger partial charge is 0.338 e. The maximum atomic E-state index is 13.2. The van der Waals surface area contributed by atoms with E-state index in [9.17, 15) is 9.59 Å². The van der Waals surface area contributed by atoms with Gasteiger partial charge in [-0.3, -0.25) is 0 Å². The van der Waals surface area contributed by atoms with Crippen molar-refractivity contribution in [1.82, 2.24) is 14.5 Å². The van der Waals surface area contributed by atoms with E-state index < -0.39 is 30.4 Å². The lowest BCUT2D eigenvalue weighted by Crippen LogP contribution is -2.32. The zero-order valence-corrected chi connectivity index (χ0v) is 28.5. The lowest BCUT2D eigenvalue weighted by Gasteiger charge is -2.19. The molecule has 2 aromatic heterocycles. The average molecular weight is 716 g/mol. The molecule has 0 bridgehead atoms. The number of fused-ring (bicyclic) bond motifs is 1. The van der Waals surface area contributed by atoms with Crippen LogP contribution in [-0.4, -0.2) is 59.5 Å². The van der Waals surface area contributed by atoms with Crippen LogP contribution in [0.2, 0.25) is 0 Å². The topological polar surface area (TPSA) is 123 Å². The molecule has 0 spiro atoms. The van der Waals surface area contributed by atoms with E-state index in [1.165, 1.54) is 6.33 Å². The Kier molecular flexibility index (Phi) is 9.93. The molecule has 0 amide bonds. The molecule has 0 radical (unpaired) electrons. The lowest BCUT2D eigenvalue weighted by molar-refractivity contribution is -0.0562. The summed E-state index contributed by atoms with van der Waals surface area (Å²) in [7, 11) is 3.22. The maximum Gasteiger partial charge on any atom is 0.338 e. The van der Waals surface area contributed by atoms with Gasteiger partial charge in [0, 0.05) is 35.3 Å². The second-order valence-corrected chi connectivity index (χ2v) is 12.3. The molecular formula is C36H35BrN4O7. The predicted octanol–water partition coefficient (Wildman–Crippen LogP) is 6.81. The van der Waals surface area contributed by atoms with Crippen molar-refractivity contribution in [2.75, 3.05) is 26.1 Å². The number of carbonyl (C=O) groups is 2. The molecular weight excluding hydrogens is 680 g/mol. The van der Waals surface area contributed by atoms with Crippen molar-refractivity contribution in [2.24, 2.45) is 0 Å². The highest BCUT2D eigenvalue weighted by Crippen LogP contribution is 2.38. The number of anilines is 1. The van der Waals surface area contributed by atoms with Crippen molar-refractivity contribution < 1.29 is 33.3 Å². The molecule has 1 aliphatic rings. The Morgan fingerprint density at radius 2 is 1.62 bits per heavy atom. The van der Waals surface area contributed by atoms with E-state index in [-0.39, 0.29) is 6.61 Å². The zero-order valence-electron chi connectivity index (χ0n) is 26.9. The van der Waals surface area contributed by atoms with E-state index >= 15 is 0 Å². The summed E-state index contributed by atoms with van der Waals surface area (Å²) < 4.78 is 31.6. The van der Waals surface area contributed by atoms with Gasteiger partial charge in [-0.05, 0) is 66.2 Å². The van der Waals surface area contributed by atoms with Crippen LogP contribution < -0.4 is 14.8 Å². The molecule has 1 fully saturated rings. The molecule has 3 aromatic carbocycles. The Morgan fingerprint density at radius 3 is 2.29 bits per heavy atom. The number of nitrogens with one attached hydrogen (secondary N) is 1. The monoisotopic (exact) mass is 714 g/mol. The van der Waals surface area contributed by atoms with Gasteiger partial charge in [0.05, 0.1) is 30.7 Å². The number of esters is 2. The first kappa shape index (κ1) is 33.0. The minimum absolute atomic E-state index is 0.110. The number of nitrogens with zero attached hydrogens (tertiary/aromatic N) is 3. The van der Waals surface area contributed by atoms with Crippen LogP contribution in [0.5, 0.6) is 11.5 Å². The van der Waals surface area contributed by atoms with Gasteiger partial charge in [0.15, 0.2) is 0 Å². The largest absolute Gasteiger partial charge is 0.497 e. The number of rotatable bonds is 11. The van der Waals surface area contributed by atoms with Crippen molar-refractivity contribution in [3.05, 3.63) is 112 Å². The third-order valence-electron chi connectivity index (χ3n) is 8.21. The van der Waals surface area contributed by atoms with Crippen molar-refractivity contribution >= 4 is 44.7 Å². The van der Waals surface area contributed by atoms with Gasteiger partial charge >= 0.3 is 11.9 Å². The van der Waals surface area contributed by atoms with Gasteiger partial charge in [-0.2, -0.15) is 0 Å². The number of methoxy groups -OCH3 is 2. The van der Waals surface area contributed by atoms with Crippen molar-refractivity contribution in [3.63, 3.8) is 0 Å². The highest BCUT2D eigenvalue weighted by Gasteiger charge is 2.41. The van der Waals surface area contributed by atoms with E-state index in [2.05, 4.69) is 31.2 Å². The Morgan fingerprint density at radius 1 is 0.938 bits per heavy atom. The Bertz CT molecular complexity index is 1930. The standard InChI is InChI=1S/C36H35BrN4O7/c1-21-5-9-23(10-6-21)35(42)46-19-30-29(48-36(43)24-11-7-22(2)8-12-24)16-31(47-30)41-18-27(37)32-33(39-20-40-34(32)41)38-17-25-13-14-26(44-3)15-28(25)45-4/h5-15,18,20,29-31H,16-17,19H2,1-4H3,(H,38,39,40). The van der Waals surface area contributed by atoms with Crippen LogP contribution in [0.3, 0.4) is 0 Å².